The molecule has 2 nitrogen and oxygen atoms in total. The highest BCUT2D eigenvalue weighted by molar-refractivity contribution is 5.85. The second-order valence-electron chi connectivity index (χ2n) is 2.54. The molecular formula is C6H14ClNO. The lowest BCUT2D eigenvalue weighted by Crippen LogP contribution is -2.38. The maximum absolute atomic E-state index is 9.14. The summed E-state index contributed by atoms with van der Waals surface area (Å²) >= 11 is 0. The molecule has 0 aromatic carbocycles. The van der Waals surface area contributed by atoms with Gasteiger partial charge in [0.25, 0.3) is 0 Å². The molecule has 0 spiro atoms. The van der Waals surface area contributed by atoms with Crippen LogP contribution in [-0.2, 0) is 0 Å². The molecular weight excluding hydrogens is 138 g/mol. The van der Waals surface area contributed by atoms with E-state index in [9.17, 15) is 0 Å². The van der Waals surface area contributed by atoms with Gasteiger partial charge in [0, 0.05) is 6.54 Å². The van der Waals surface area contributed by atoms with Crippen LogP contribution in [0.1, 0.15) is 13.3 Å². The maximum Gasteiger partial charge on any atom is 0.0590 e. The van der Waals surface area contributed by atoms with Crippen molar-refractivity contribution in [1.29, 1.82) is 0 Å². The van der Waals surface area contributed by atoms with Crippen LogP contribution in [0.4, 0.5) is 0 Å². The molecule has 0 bridgehead atoms. The highest BCUT2D eigenvalue weighted by Gasteiger charge is 2.16. The largest absolute Gasteiger partial charge is 0.393 e. The molecule has 9 heavy (non-hydrogen) atoms. The monoisotopic (exact) mass is 151 g/mol. The van der Waals surface area contributed by atoms with Crippen molar-refractivity contribution in [3.8, 4) is 0 Å². The maximum atomic E-state index is 9.14. The third kappa shape index (κ3) is 2.52. The molecule has 56 valence electrons. The summed E-state index contributed by atoms with van der Waals surface area (Å²) in [6.45, 7) is 4.02. The standard InChI is InChI=1S/C6H13NO.ClH/c1-5-4-7-3-2-6(5)8;/h5-8H,2-4H2,1H3;1H/t5-,6-;/m0./s1. The molecule has 0 aromatic rings. The Morgan fingerprint density at radius 2 is 2.22 bits per heavy atom. The summed E-state index contributed by atoms with van der Waals surface area (Å²) in [7, 11) is 0. The Morgan fingerprint density at radius 1 is 1.56 bits per heavy atom. The van der Waals surface area contributed by atoms with Gasteiger partial charge in [0.15, 0.2) is 0 Å². The minimum absolute atomic E-state index is 0. The van der Waals surface area contributed by atoms with Gasteiger partial charge < -0.3 is 10.4 Å². The average Bonchev–Trinajstić information content (AvgIpc) is 1.77. The number of piperidine rings is 1. The van der Waals surface area contributed by atoms with Crippen molar-refractivity contribution >= 4 is 12.4 Å². The van der Waals surface area contributed by atoms with Crippen molar-refractivity contribution in [2.75, 3.05) is 13.1 Å². The Kier molecular flexibility index (Phi) is 4.19. The third-order valence-corrected chi connectivity index (χ3v) is 1.74. The van der Waals surface area contributed by atoms with E-state index in [2.05, 4.69) is 12.2 Å². The van der Waals surface area contributed by atoms with E-state index in [0.29, 0.717) is 5.92 Å². The normalized spacial score (nSPS) is 35.3. The van der Waals surface area contributed by atoms with Gasteiger partial charge in [-0.25, -0.2) is 0 Å². The first kappa shape index (κ1) is 9.21. The molecule has 0 saturated carbocycles. The number of nitrogens with one attached hydrogen (secondary N) is 1. The van der Waals surface area contributed by atoms with Crippen molar-refractivity contribution in [1.82, 2.24) is 5.32 Å². The van der Waals surface area contributed by atoms with Crippen LogP contribution in [0.3, 0.4) is 0 Å². The Balaban J connectivity index is 0.000000640. The Labute approximate surface area is 62.1 Å². The van der Waals surface area contributed by atoms with E-state index >= 15 is 0 Å². The molecule has 2 N–H and O–H groups in total. The van der Waals surface area contributed by atoms with E-state index in [1.807, 2.05) is 0 Å². The van der Waals surface area contributed by atoms with Crippen LogP contribution in [0.5, 0.6) is 0 Å². The smallest absolute Gasteiger partial charge is 0.0590 e. The molecule has 0 aliphatic carbocycles. The van der Waals surface area contributed by atoms with Gasteiger partial charge in [0.1, 0.15) is 0 Å². The molecule has 1 fully saturated rings. The Bertz CT molecular complexity index is 69.5. The molecule has 2 atom stereocenters. The summed E-state index contributed by atoms with van der Waals surface area (Å²) in [5, 5.41) is 12.3. The van der Waals surface area contributed by atoms with Crippen LogP contribution in [0, 0.1) is 5.92 Å². The first-order chi connectivity index (χ1) is 3.80. The molecule has 1 rings (SSSR count). The van der Waals surface area contributed by atoms with Crippen LogP contribution < -0.4 is 5.32 Å². The van der Waals surface area contributed by atoms with Crippen LogP contribution in [0.25, 0.3) is 0 Å². The van der Waals surface area contributed by atoms with Crippen molar-refractivity contribution in [2.45, 2.75) is 19.4 Å². The van der Waals surface area contributed by atoms with Gasteiger partial charge in [-0.05, 0) is 18.9 Å². The fraction of sp³-hybridized carbons (Fsp3) is 1.00. The molecule has 3 heteroatoms. The highest BCUT2D eigenvalue weighted by Crippen LogP contribution is 2.08. The van der Waals surface area contributed by atoms with E-state index in [0.717, 1.165) is 19.5 Å². The average molecular weight is 152 g/mol. The lowest BCUT2D eigenvalue weighted by molar-refractivity contribution is 0.0882. The number of rotatable bonds is 0. The van der Waals surface area contributed by atoms with E-state index in [4.69, 9.17) is 5.11 Å². The minimum atomic E-state index is -0.0590. The Hall–Kier alpha value is 0.210. The lowest BCUT2D eigenvalue weighted by atomic mass is 9.99. The van der Waals surface area contributed by atoms with Crippen LogP contribution in [-0.4, -0.2) is 24.3 Å². The van der Waals surface area contributed by atoms with Crippen LogP contribution in [0.15, 0.2) is 0 Å². The first-order valence-electron chi connectivity index (χ1n) is 3.19. The number of hydrogen-bond donors (Lipinski definition) is 2. The van der Waals surface area contributed by atoms with Gasteiger partial charge >= 0.3 is 0 Å². The SMILES string of the molecule is C[C@H]1CNCC[C@@H]1O.Cl. The van der Waals surface area contributed by atoms with Gasteiger partial charge in [0.05, 0.1) is 6.10 Å². The fourth-order valence-corrected chi connectivity index (χ4v) is 1.00. The predicted molar refractivity (Wildman–Crippen MR) is 39.9 cm³/mol. The van der Waals surface area contributed by atoms with Gasteiger partial charge in [-0.1, -0.05) is 6.92 Å². The van der Waals surface area contributed by atoms with Crippen LogP contribution >= 0.6 is 12.4 Å². The zero-order valence-electron chi connectivity index (χ0n) is 5.63. The number of aliphatic hydroxyl groups is 1. The Morgan fingerprint density at radius 3 is 2.56 bits per heavy atom. The van der Waals surface area contributed by atoms with Crippen molar-refractivity contribution < 1.29 is 5.11 Å². The fourth-order valence-electron chi connectivity index (χ4n) is 1.00. The molecule has 0 radical (unpaired) electrons. The molecule has 0 aromatic heterocycles. The molecule has 1 heterocycles. The quantitative estimate of drug-likeness (QED) is 0.526. The van der Waals surface area contributed by atoms with Gasteiger partial charge in [-0.2, -0.15) is 0 Å². The molecule has 1 aliphatic rings. The summed E-state index contributed by atoms with van der Waals surface area (Å²) < 4.78 is 0. The van der Waals surface area contributed by atoms with E-state index in [1.165, 1.54) is 0 Å². The summed E-state index contributed by atoms with van der Waals surface area (Å²) in [6.07, 6.45) is 0.859. The molecule has 1 aliphatic heterocycles. The zero-order chi connectivity index (χ0) is 5.98. The molecule has 0 amide bonds. The first-order valence-corrected chi connectivity index (χ1v) is 3.19. The second kappa shape index (κ2) is 4.09. The summed E-state index contributed by atoms with van der Waals surface area (Å²) in [5.74, 6) is 0.448. The zero-order valence-corrected chi connectivity index (χ0v) is 6.45. The lowest BCUT2D eigenvalue weighted by Gasteiger charge is -2.24. The second-order valence-corrected chi connectivity index (χ2v) is 2.54. The molecule has 1 saturated heterocycles. The van der Waals surface area contributed by atoms with E-state index in [-0.39, 0.29) is 18.5 Å². The molecule has 0 unspecified atom stereocenters. The summed E-state index contributed by atoms with van der Waals surface area (Å²) in [5.41, 5.74) is 0. The van der Waals surface area contributed by atoms with Crippen molar-refractivity contribution in [3.05, 3.63) is 0 Å². The van der Waals surface area contributed by atoms with Crippen molar-refractivity contribution in [3.63, 3.8) is 0 Å². The van der Waals surface area contributed by atoms with Gasteiger partial charge in [-0.3, -0.25) is 0 Å². The van der Waals surface area contributed by atoms with Crippen molar-refractivity contribution in [2.24, 2.45) is 5.92 Å². The predicted octanol–water partition coefficient (Wildman–Crippen LogP) is 0.398. The van der Waals surface area contributed by atoms with Gasteiger partial charge in [0.2, 0.25) is 0 Å². The van der Waals surface area contributed by atoms with Gasteiger partial charge in [-0.15, -0.1) is 12.4 Å². The van der Waals surface area contributed by atoms with E-state index in [1.54, 1.807) is 0 Å². The highest BCUT2D eigenvalue weighted by atomic mass is 35.5. The summed E-state index contributed by atoms with van der Waals surface area (Å²) in [6, 6.07) is 0. The third-order valence-electron chi connectivity index (χ3n) is 1.74. The number of hydrogen-bond acceptors (Lipinski definition) is 2. The number of aliphatic hydroxyl groups excluding tert-OH is 1. The number of halogens is 1. The topological polar surface area (TPSA) is 32.3 Å². The minimum Gasteiger partial charge on any atom is -0.393 e. The summed E-state index contributed by atoms with van der Waals surface area (Å²) in [4.78, 5) is 0. The van der Waals surface area contributed by atoms with E-state index < -0.39 is 0 Å². The van der Waals surface area contributed by atoms with Crippen LogP contribution in [0.2, 0.25) is 0 Å².